The summed E-state index contributed by atoms with van der Waals surface area (Å²) in [5, 5.41) is 0. The molecule has 4 nitrogen and oxygen atoms in total. The summed E-state index contributed by atoms with van der Waals surface area (Å²) in [4.78, 5) is 0.187. The average molecular weight is 322 g/mol. The SMILES string of the molecule is COc1cc(S(=O)(=O)NC(C)(C)C)ccc1Br. The molecule has 0 unspecified atom stereocenters. The molecule has 0 heterocycles. The first-order chi connectivity index (χ1) is 7.65. The van der Waals surface area contributed by atoms with Crippen molar-refractivity contribution in [2.24, 2.45) is 0 Å². The van der Waals surface area contributed by atoms with Gasteiger partial charge in [-0.15, -0.1) is 0 Å². The van der Waals surface area contributed by atoms with Crippen LogP contribution in [-0.4, -0.2) is 21.1 Å². The lowest BCUT2D eigenvalue weighted by Crippen LogP contribution is -2.40. The average Bonchev–Trinajstić information content (AvgIpc) is 2.14. The Morgan fingerprint density at radius 2 is 1.88 bits per heavy atom. The number of ether oxygens (including phenoxy) is 1. The molecule has 0 aliphatic rings. The first-order valence-electron chi connectivity index (χ1n) is 5.03. The Balaban J connectivity index is 3.16. The van der Waals surface area contributed by atoms with Crippen molar-refractivity contribution in [2.45, 2.75) is 31.2 Å². The first-order valence-corrected chi connectivity index (χ1v) is 7.31. The van der Waals surface area contributed by atoms with Gasteiger partial charge in [0, 0.05) is 11.6 Å². The standard InChI is InChI=1S/C11H16BrNO3S/c1-11(2,3)13-17(14,15)8-5-6-9(12)10(7-8)16-4/h5-7,13H,1-4H3. The minimum absolute atomic E-state index is 0.187. The molecule has 0 bridgehead atoms. The van der Waals surface area contributed by atoms with Gasteiger partial charge in [0.1, 0.15) is 5.75 Å². The molecule has 1 rings (SSSR count). The Kier molecular flexibility index (Phi) is 4.22. The number of benzene rings is 1. The molecule has 1 N–H and O–H groups in total. The monoisotopic (exact) mass is 321 g/mol. The number of rotatable bonds is 3. The second kappa shape index (κ2) is 4.96. The van der Waals surface area contributed by atoms with E-state index in [1.807, 2.05) is 0 Å². The number of hydrogen-bond donors (Lipinski definition) is 1. The molecule has 0 aromatic heterocycles. The van der Waals surface area contributed by atoms with Crippen LogP contribution in [0.5, 0.6) is 5.75 Å². The van der Waals surface area contributed by atoms with E-state index in [9.17, 15) is 8.42 Å². The molecule has 0 radical (unpaired) electrons. The van der Waals surface area contributed by atoms with Crippen LogP contribution in [-0.2, 0) is 10.0 Å². The molecule has 0 fully saturated rings. The van der Waals surface area contributed by atoms with Crippen molar-refractivity contribution in [3.05, 3.63) is 22.7 Å². The summed E-state index contributed by atoms with van der Waals surface area (Å²) in [6, 6.07) is 4.66. The van der Waals surface area contributed by atoms with Crippen LogP contribution in [0.3, 0.4) is 0 Å². The van der Waals surface area contributed by atoms with Crippen LogP contribution in [0.2, 0.25) is 0 Å². The Labute approximate surface area is 111 Å². The summed E-state index contributed by atoms with van der Waals surface area (Å²) < 4.78 is 32.5. The molecule has 96 valence electrons. The second-order valence-electron chi connectivity index (χ2n) is 4.65. The number of hydrogen-bond acceptors (Lipinski definition) is 3. The topological polar surface area (TPSA) is 55.4 Å². The van der Waals surface area contributed by atoms with E-state index in [1.54, 1.807) is 26.8 Å². The first kappa shape index (κ1) is 14.5. The predicted octanol–water partition coefficient (Wildman–Crippen LogP) is 2.53. The Hall–Kier alpha value is -0.590. The van der Waals surface area contributed by atoms with Gasteiger partial charge >= 0.3 is 0 Å². The third kappa shape index (κ3) is 3.97. The summed E-state index contributed by atoms with van der Waals surface area (Å²) in [5.41, 5.74) is -0.515. The van der Waals surface area contributed by atoms with E-state index >= 15 is 0 Å². The van der Waals surface area contributed by atoms with Crippen molar-refractivity contribution < 1.29 is 13.2 Å². The molecular weight excluding hydrogens is 306 g/mol. The van der Waals surface area contributed by atoms with Gasteiger partial charge in [0.15, 0.2) is 0 Å². The van der Waals surface area contributed by atoms with Crippen molar-refractivity contribution in [3.63, 3.8) is 0 Å². The summed E-state index contributed by atoms with van der Waals surface area (Å²) >= 11 is 3.28. The molecule has 0 atom stereocenters. The van der Waals surface area contributed by atoms with E-state index in [1.165, 1.54) is 19.2 Å². The van der Waals surface area contributed by atoms with Gasteiger partial charge in [-0.25, -0.2) is 13.1 Å². The lowest BCUT2D eigenvalue weighted by atomic mass is 10.1. The van der Waals surface area contributed by atoms with Crippen LogP contribution in [0.15, 0.2) is 27.6 Å². The summed E-state index contributed by atoms with van der Waals surface area (Å²) in [5.74, 6) is 0.488. The fourth-order valence-electron chi connectivity index (χ4n) is 1.27. The Bertz CT molecular complexity index is 506. The zero-order valence-electron chi connectivity index (χ0n) is 10.2. The quantitative estimate of drug-likeness (QED) is 0.930. The maximum Gasteiger partial charge on any atom is 0.241 e. The summed E-state index contributed by atoms with van der Waals surface area (Å²) in [6.45, 7) is 5.38. The highest BCUT2D eigenvalue weighted by Gasteiger charge is 2.22. The molecule has 1 aromatic rings. The van der Waals surface area contributed by atoms with Crippen LogP contribution >= 0.6 is 15.9 Å². The molecule has 17 heavy (non-hydrogen) atoms. The summed E-state index contributed by atoms with van der Waals surface area (Å²) in [6.07, 6.45) is 0. The van der Waals surface area contributed by atoms with Gasteiger partial charge in [-0.1, -0.05) is 0 Å². The molecule has 0 aliphatic carbocycles. The maximum atomic E-state index is 12.0. The van der Waals surface area contributed by atoms with Crippen molar-refractivity contribution in [1.29, 1.82) is 0 Å². The maximum absolute atomic E-state index is 12.0. The van der Waals surface area contributed by atoms with Crippen LogP contribution in [0.1, 0.15) is 20.8 Å². The predicted molar refractivity (Wildman–Crippen MR) is 70.8 cm³/mol. The van der Waals surface area contributed by atoms with Gasteiger partial charge in [0.2, 0.25) is 10.0 Å². The highest BCUT2D eigenvalue weighted by atomic mass is 79.9. The van der Waals surface area contributed by atoms with E-state index in [-0.39, 0.29) is 4.90 Å². The van der Waals surface area contributed by atoms with Crippen molar-refractivity contribution >= 4 is 26.0 Å². The van der Waals surface area contributed by atoms with Crippen molar-refractivity contribution in [2.75, 3.05) is 7.11 Å². The van der Waals surface area contributed by atoms with Crippen LogP contribution < -0.4 is 9.46 Å². The van der Waals surface area contributed by atoms with E-state index in [0.717, 1.165) is 4.47 Å². The Morgan fingerprint density at radius 3 is 2.35 bits per heavy atom. The minimum Gasteiger partial charge on any atom is -0.496 e. The molecule has 0 saturated heterocycles. The highest BCUT2D eigenvalue weighted by Crippen LogP contribution is 2.27. The second-order valence-corrected chi connectivity index (χ2v) is 7.19. The normalized spacial score (nSPS) is 12.5. The molecule has 1 aromatic carbocycles. The zero-order valence-corrected chi connectivity index (χ0v) is 12.6. The lowest BCUT2D eigenvalue weighted by molar-refractivity contribution is 0.410. The fraction of sp³-hybridized carbons (Fsp3) is 0.455. The highest BCUT2D eigenvalue weighted by molar-refractivity contribution is 9.10. The Morgan fingerprint density at radius 1 is 1.29 bits per heavy atom. The molecule has 0 aliphatic heterocycles. The molecule has 0 saturated carbocycles. The van der Waals surface area contributed by atoms with Crippen LogP contribution in [0, 0.1) is 0 Å². The van der Waals surface area contributed by atoms with E-state index < -0.39 is 15.6 Å². The number of methoxy groups -OCH3 is 1. The van der Waals surface area contributed by atoms with Crippen LogP contribution in [0.25, 0.3) is 0 Å². The largest absolute Gasteiger partial charge is 0.496 e. The van der Waals surface area contributed by atoms with E-state index in [2.05, 4.69) is 20.7 Å². The summed E-state index contributed by atoms with van der Waals surface area (Å²) in [7, 11) is -2.02. The fourth-order valence-corrected chi connectivity index (χ4v) is 3.11. The van der Waals surface area contributed by atoms with Gasteiger partial charge in [0.25, 0.3) is 0 Å². The minimum atomic E-state index is -3.52. The molecule has 0 spiro atoms. The lowest BCUT2D eigenvalue weighted by Gasteiger charge is -2.20. The van der Waals surface area contributed by atoms with Gasteiger partial charge in [-0.05, 0) is 48.8 Å². The third-order valence-electron chi connectivity index (χ3n) is 1.87. The van der Waals surface area contributed by atoms with Gasteiger partial charge in [0.05, 0.1) is 16.5 Å². The number of halogens is 1. The number of nitrogens with one attached hydrogen (secondary N) is 1. The number of sulfonamides is 1. The van der Waals surface area contributed by atoms with Crippen molar-refractivity contribution in [3.8, 4) is 5.75 Å². The van der Waals surface area contributed by atoms with Gasteiger partial charge < -0.3 is 4.74 Å². The smallest absolute Gasteiger partial charge is 0.241 e. The van der Waals surface area contributed by atoms with Crippen LogP contribution in [0.4, 0.5) is 0 Å². The van der Waals surface area contributed by atoms with Gasteiger partial charge in [-0.2, -0.15) is 0 Å². The van der Waals surface area contributed by atoms with E-state index in [0.29, 0.717) is 5.75 Å². The van der Waals surface area contributed by atoms with E-state index in [4.69, 9.17) is 4.74 Å². The molecule has 0 amide bonds. The van der Waals surface area contributed by atoms with Gasteiger partial charge in [-0.3, -0.25) is 0 Å². The molecular formula is C11H16BrNO3S. The third-order valence-corrected chi connectivity index (χ3v) is 4.28. The molecule has 6 heteroatoms. The zero-order chi connectivity index (χ0) is 13.3. The van der Waals surface area contributed by atoms with Crippen molar-refractivity contribution in [1.82, 2.24) is 4.72 Å².